The quantitative estimate of drug-likeness (QED) is 0.369. The standard InChI is InChI=1S/C29H38ClN3O4/c1-5-27-31-10-13-33(27)14-15-36-26-18-23(6-7-25(26)35-4)19-32-11-8-29(34,9-12-32)20-37-24-16-21(2)28(30)22(3)17-24/h6-7,10,13,16-18,34H,5,8-9,11-12,14-15,19-20H2,1-4H3. The first-order chi connectivity index (χ1) is 17.8. The normalized spacial score (nSPS) is 15.5. The molecule has 0 atom stereocenters. The van der Waals surface area contributed by atoms with Crippen molar-refractivity contribution in [3.63, 3.8) is 0 Å². The van der Waals surface area contributed by atoms with Crippen LogP contribution in [0.25, 0.3) is 0 Å². The van der Waals surface area contributed by atoms with Gasteiger partial charge in [-0.25, -0.2) is 4.98 Å². The molecule has 4 rings (SSSR count). The Hall–Kier alpha value is -2.74. The lowest BCUT2D eigenvalue weighted by molar-refractivity contribution is -0.0537. The van der Waals surface area contributed by atoms with Gasteiger partial charge in [0.2, 0.25) is 0 Å². The monoisotopic (exact) mass is 527 g/mol. The van der Waals surface area contributed by atoms with Crippen molar-refractivity contribution >= 4 is 11.6 Å². The van der Waals surface area contributed by atoms with Crippen molar-refractivity contribution in [2.45, 2.75) is 58.7 Å². The highest BCUT2D eigenvalue weighted by molar-refractivity contribution is 6.32. The zero-order valence-corrected chi connectivity index (χ0v) is 23.1. The number of imidazole rings is 1. The average molecular weight is 528 g/mol. The summed E-state index contributed by atoms with van der Waals surface area (Å²) >= 11 is 6.26. The van der Waals surface area contributed by atoms with Crippen LogP contribution < -0.4 is 14.2 Å². The lowest BCUT2D eigenvalue weighted by Crippen LogP contribution is -2.47. The fourth-order valence-electron chi connectivity index (χ4n) is 4.78. The summed E-state index contributed by atoms with van der Waals surface area (Å²) in [4.78, 5) is 6.72. The molecule has 0 amide bonds. The number of rotatable bonds is 11. The number of aryl methyl sites for hydroxylation is 3. The molecule has 0 spiro atoms. The molecular weight excluding hydrogens is 490 g/mol. The van der Waals surface area contributed by atoms with Crippen LogP contribution in [0.1, 0.15) is 42.3 Å². The zero-order valence-electron chi connectivity index (χ0n) is 22.3. The Morgan fingerprint density at radius 2 is 1.78 bits per heavy atom. The van der Waals surface area contributed by atoms with Crippen LogP contribution in [0.5, 0.6) is 17.2 Å². The molecular formula is C29H38ClN3O4. The van der Waals surface area contributed by atoms with E-state index in [4.69, 9.17) is 25.8 Å². The second kappa shape index (κ2) is 12.2. The topological polar surface area (TPSA) is 69.0 Å². The third-order valence-corrected chi connectivity index (χ3v) is 7.64. The van der Waals surface area contributed by atoms with Gasteiger partial charge in [-0.15, -0.1) is 0 Å². The van der Waals surface area contributed by atoms with Crippen LogP contribution in [-0.2, 0) is 19.5 Å². The van der Waals surface area contributed by atoms with Crippen molar-refractivity contribution in [2.24, 2.45) is 0 Å². The maximum atomic E-state index is 11.1. The molecule has 2 aromatic carbocycles. The molecule has 200 valence electrons. The SMILES string of the molecule is CCc1nccn1CCOc1cc(CN2CCC(O)(COc3cc(C)c(Cl)c(C)c3)CC2)ccc1OC. The van der Waals surface area contributed by atoms with E-state index in [2.05, 4.69) is 33.5 Å². The molecule has 0 bridgehead atoms. The van der Waals surface area contributed by atoms with E-state index in [1.54, 1.807) is 7.11 Å². The molecule has 1 aromatic heterocycles. The van der Waals surface area contributed by atoms with E-state index in [0.717, 1.165) is 77.4 Å². The van der Waals surface area contributed by atoms with Gasteiger partial charge in [0.25, 0.3) is 0 Å². The van der Waals surface area contributed by atoms with Gasteiger partial charge in [-0.1, -0.05) is 24.6 Å². The molecule has 37 heavy (non-hydrogen) atoms. The van der Waals surface area contributed by atoms with E-state index in [1.807, 2.05) is 44.4 Å². The molecule has 8 heteroatoms. The van der Waals surface area contributed by atoms with Gasteiger partial charge in [-0.3, -0.25) is 4.90 Å². The molecule has 1 fully saturated rings. The summed E-state index contributed by atoms with van der Waals surface area (Å²) in [6, 6.07) is 9.95. The Balaban J connectivity index is 1.29. The summed E-state index contributed by atoms with van der Waals surface area (Å²) in [6.45, 7) is 9.95. The van der Waals surface area contributed by atoms with Gasteiger partial charge >= 0.3 is 0 Å². The van der Waals surface area contributed by atoms with E-state index in [0.29, 0.717) is 19.4 Å². The molecule has 1 aliphatic rings. The second-order valence-corrected chi connectivity index (χ2v) is 10.3. The second-order valence-electron chi connectivity index (χ2n) is 9.88. The fraction of sp³-hybridized carbons (Fsp3) is 0.483. The molecule has 1 saturated heterocycles. The summed E-state index contributed by atoms with van der Waals surface area (Å²) in [7, 11) is 1.66. The predicted molar refractivity (Wildman–Crippen MR) is 146 cm³/mol. The maximum absolute atomic E-state index is 11.1. The van der Waals surface area contributed by atoms with Gasteiger partial charge in [0.15, 0.2) is 11.5 Å². The largest absolute Gasteiger partial charge is 0.493 e. The molecule has 0 radical (unpaired) electrons. The van der Waals surface area contributed by atoms with Crippen molar-refractivity contribution in [1.29, 1.82) is 0 Å². The number of benzene rings is 2. The lowest BCUT2D eigenvalue weighted by Gasteiger charge is -2.38. The number of piperidine rings is 1. The zero-order chi connectivity index (χ0) is 26.4. The van der Waals surface area contributed by atoms with Gasteiger partial charge in [0, 0.05) is 43.5 Å². The molecule has 0 aliphatic carbocycles. The summed E-state index contributed by atoms with van der Waals surface area (Å²) in [5.41, 5.74) is 2.28. The number of hydrogen-bond acceptors (Lipinski definition) is 6. The van der Waals surface area contributed by atoms with Crippen LogP contribution in [0, 0.1) is 13.8 Å². The van der Waals surface area contributed by atoms with Crippen molar-refractivity contribution < 1.29 is 19.3 Å². The van der Waals surface area contributed by atoms with Crippen LogP contribution in [0.4, 0.5) is 0 Å². The van der Waals surface area contributed by atoms with Crippen molar-refractivity contribution in [3.8, 4) is 17.2 Å². The summed E-state index contributed by atoms with van der Waals surface area (Å²) in [5, 5.41) is 11.9. The Morgan fingerprint density at radius 3 is 2.46 bits per heavy atom. The number of aromatic nitrogens is 2. The average Bonchev–Trinajstić information content (AvgIpc) is 3.35. The first-order valence-electron chi connectivity index (χ1n) is 12.9. The summed E-state index contributed by atoms with van der Waals surface area (Å²) in [6.07, 6.45) is 6.01. The highest BCUT2D eigenvalue weighted by Gasteiger charge is 2.33. The lowest BCUT2D eigenvalue weighted by atomic mass is 9.92. The molecule has 0 unspecified atom stereocenters. The van der Waals surface area contributed by atoms with Gasteiger partial charge in [0.05, 0.1) is 13.7 Å². The molecule has 1 aliphatic heterocycles. The van der Waals surface area contributed by atoms with Crippen LogP contribution in [0.2, 0.25) is 5.02 Å². The first kappa shape index (κ1) is 27.3. The van der Waals surface area contributed by atoms with E-state index < -0.39 is 5.60 Å². The van der Waals surface area contributed by atoms with Gasteiger partial charge in [-0.2, -0.15) is 0 Å². The third-order valence-electron chi connectivity index (χ3n) is 7.05. The van der Waals surface area contributed by atoms with Gasteiger partial charge in [-0.05, 0) is 67.6 Å². The van der Waals surface area contributed by atoms with Crippen molar-refractivity contribution in [3.05, 3.63) is 70.3 Å². The summed E-state index contributed by atoms with van der Waals surface area (Å²) in [5.74, 6) is 3.27. The third kappa shape index (κ3) is 6.98. The number of halogens is 1. The van der Waals surface area contributed by atoms with Crippen molar-refractivity contribution in [1.82, 2.24) is 14.5 Å². The smallest absolute Gasteiger partial charge is 0.161 e. The Bertz CT molecular complexity index is 1160. The number of likely N-dealkylation sites (tertiary alicyclic amines) is 1. The first-order valence-corrected chi connectivity index (χ1v) is 13.3. The molecule has 1 N–H and O–H groups in total. The number of hydrogen-bond donors (Lipinski definition) is 1. The fourth-order valence-corrected chi connectivity index (χ4v) is 4.89. The Morgan fingerprint density at radius 1 is 1.05 bits per heavy atom. The van der Waals surface area contributed by atoms with Gasteiger partial charge < -0.3 is 23.9 Å². The van der Waals surface area contributed by atoms with Crippen LogP contribution in [-0.4, -0.2) is 58.6 Å². The Kier molecular flexibility index (Phi) is 9.00. The van der Waals surface area contributed by atoms with Crippen LogP contribution >= 0.6 is 11.6 Å². The van der Waals surface area contributed by atoms with E-state index in [9.17, 15) is 5.11 Å². The minimum atomic E-state index is -0.837. The maximum Gasteiger partial charge on any atom is 0.161 e. The molecule has 0 saturated carbocycles. The van der Waals surface area contributed by atoms with Crippen LogP contribution in [0.3, 0.4) is 0 Å². The summed E-state index contributed by atoms with van der Waals surface area (Å²) < 4.78 is 19.7. The highest BCUT2D eigenvalue weighted by Crippen LogP contribution is 2.31. The highest BCUT2D eigenvalue weighted by atomic mass is 35.5. The number of ether oxygens (including phenoxy) is 3. The van der Waals surface area contributed by atoms with E-state index in [1.165, 1.54) is 0 Å². The minimum Gasteiger partial charge on any atom is -0.493 e. The predicted octanol–water partition coefficient (Wildman–Crippen LogP) is 5.21. The van der Waals surface area contributed by atoms with Crippen LogP contribution in [0.15, 0.2) is 42.7 Å². The van der Waals surface area contributed by atoms with E-state index in [-0.39, 0.29) is 6.61 Å². The van der Waals surface area contributed by atoms with Gasteiger partial charge in [0.1, 0.15) is 30.4 Å². The minimum absolute atomic E-state index is 0.276. The van der Waals surface area contributed by atoms with Crippen molar-refractivity contribution in [2.75, 3.05) is 33.4 Å². The number of aliphatic hydroxyl groups is 1. The number of methoxy groups -OCH3 is 1. The number of nitrogens with zero attached hydrogens (tertiary/aromatic N) is 3. The molecule has 7 nitrogen and oxygen atoms in total. The molecule has 3 aromatic rings. The Labute approximate surface area is 224 Å². The molecule has 2 heterocycles. The van der Waals surface area contributed by atoms with E-state index >= 15 is 0 Å².